The lowest BCUT2D eigenvalue weighted by atomic mass is 9.98. The minimum absolute atomic E-state index is 0.203. The molecule has 1 heterocycles. The van der Waals surface area contributed by atoms with Crippen molar-refractivity contribution in [2.24, 2.45) is 5.73 Å². The average Bonchev–Trinajstić information content (AvgIpc) is 2.84. The van der Waals surface area contributed by atoms with Crippen LogP contribution in [0.3, 0.4) is 0 Å². The molecule has 1 atom stereocenters. The van der Waals surface area contributed by atoms with E-state index in [-0.39, 0.29) is 18.0 Å². The lowest BCUT2D eigenvalue weighted by Crippen LogP contribution is -2.23. The summed E-state index contributed by atoms with van der Waals surface area (Å²) in [5.74, 6) is 0. The van der Waals surface area contributed by atoms with Gasteiger partial charge in [-0.15, -0.1) is 0 Å². The van der Waals surface area contributed by atoms with Gasteiger partial charge in [0.05, 0.1) is 21.9 Å². The van der Waals surface area contributed by atoms with Gasteiger partial charge < -0.3 is 5.73 Å². The molecule has 0 saturated carbocycles. The average molecular weight is 362 g/mol. The molecule has 0 radical (unpaired) electrons. The van der Waals surface area contributed by atoms with Gasteiger partial charge in [-0.25, -0.2) is 4.68 Å². The third kappa shape index (κ3) is 3.85. The zero-order valence-corrected chi connectivity index (χ0v) is 12.9. The molecule has 7 heteroatoms. The van der Waals surface area contributed by atoms with Crippen LogP contribution in [0, 0.1) is 0 Å². The van der Waals surface area contributed by atoms with Crippen LogP contribution >= 0.6 is 15.9 Å². The monoisotopic (exact) mass is 361 g/mol. The van der Waals surface area contributed by atoms with Crippen LogP contribution in [0.4, 0.5) is 13.2 Å². The molecule has 0 fully saturated rings. The van der Waals surface area contributed by atoms with Gasteiger partial charge in [-0.2, -0.15) is 18.3 Å². The van der Waals surface area contributed by atoms with E-state index in [0.29, 0.717) is 16.6 Å². The Balaban J connectivity index is 2.44. The number of rotatable bonds is 4. The lowest BCUT2D eigenvalue weighted by molar-refractivity contribution is -0.138. The van der Waals surface area contributed by atoms with Crippen molar-refractivity contribution in [2.75, 3.05) is 0 Å². The summed E-state index contributed by atoms with van der Waals surface area (Å²) < 4.78 is 41.8. The SMILES string of the molecule is CCC(N)Cc1ccc(-n2cc(Br)cn2)cc1C(F)(F)F. The van der Waals surface area contributed by atoms with Crippen molar-refractivity contribution in [3.05, 3.63) is 46.2 Å². The topological polar surface area (TPSA) is 43.8 Å². The Hall–Kier alpha value is -1.34. The van der Waals surface area contributed by atoms with E-state index < -0.39 is 11.7 Å². The Kier molecular flexibility index (Phi) is 4.73. The first-order valence-corrected chi connectivity index (χ1v) is 7.26. The van der Waals surface area contributed by atoms with Crippen LogP contribution < -0.4 is 5.73 Å². The Morgan fingerprint density at radius 2 is 2.10 bits per heavy atom. The summed E-state index contributed by atoms with van der Waals surface area (Å²) in [7, 11) is 0. The number of nitrogens with zero attached hydrogens (tertiary/aromatic N) is 2. The molecule has 2 N–H and O–H groups in total. The molecule has 0 spiro atoms. The van der Waals surface area contributed by atoms with Crippen molar-refractivity contribution in [3.63, 3.8) is 0 Å². The van der Waals surface area contributed by atoms with E-state index in [2.05, 4.69) is 21.0 Å². The molecule has 0 aliphatic heterocycles. The van der Waals surface area contributed by atoms with Crippen LogP contribution in [0.25, 0.3) is 5.69 Å². The van der Waals surface area contributed by atoms with E-state index in [1.807, 2.05) is 6.92 Å². The molecule has 1 aromatic carbocycles. The zero-order chi connectivity index (χ0) is 15.6. The number of hydrogen-bond donors (Lipinski definition) is 1. The van der Waals surface area contributed by atoms with Gasteiger partial charge in [0.2, 0.25) is 0 Å². The third-order valence-electron chi connectivity index (χ3n) is 3.22. The summed E-state index contributed by atoms with van der Waals surface area (Å²) >= 11 is 3.22. The van der Waals surface area contributed by atoms with Gasteiger partial charge in [-0.3, -0.25) is 0 Å². The van der Waals surface area contributed by atoms with Crippen LogP contribution in [0.15, 0.2) is 35.1 Å². The maximum absolute atomic E-state index is 13.2. The zero-order valence-electron chi connectivity index (χ0n) is 11.4. The normalized spacial score (nSPS) is 13.4. The van der Waals surface area contributed by atoms with Crippen LogP contribution in [-0.2, 0) is 12.6 Å². The van der Waals surface area contributed by atoms with E-state index in [9.17, 15) is 13.2 Å². The van der Waals surface area contributed by atoms with E-state index in [4.69, 9.17) is 5.73 Å². The first kappa shape index (κ1) is 16.0. The summed E-state index contributed by atoms with van der Waals surface area (Å²) in [4.78, 5) is 0. The van der Waals surface area contributed by atoms with E-state index in [0.717, 1.165) is 6.07 Å². The largest absolute Gasteiger partial charge is 0.416 e. The van der Waals surface area contributed by atoms with Crippen LogP contribution in [0.1, 0.15) is 24.5 Å². The van der Waals surface area contributed by atoms with Crippen molar-refractivity contribution in [2.45, 2.75) is 32.0 Å². The fourth-order valence-electron chi connectivity index (χ4n) is 2.02. The number of aromatic nitrogens is 2. The number of nitrogens with two attached hydrogens (primary N) is 1. The van der Waals surface area contributed by atoms with Gasteiger partial charge in [-0.05, 0) is 46.5 Å². The van der Waals surface area contributed by atoms with Gasteiger partial charge >= 0.3 is 6.18 Å². The standard InChI is InChI=1S/C14H15BrF3N3/c1-2-11(19)5-9-3-4-12(6-13(9)14(16,17)18)21-8-10(15)7-20-21/h3-4,6-8,11H,2,5,19H2,1H3. The van der Waals surface area contributed by atoms with Crippen LogP contribution in [0.2, 0.25) is 0 Å². The molecule has 0 aliphatic rings. The highest BCUT2D eigenvalue weighted by Gasteiger charge is 2.34. The molecular formula is C14H15BrF3N3. The minimum atomic E-state index is -4.41. The highest BCUT2D eigenvalue weighted by atomic mass is 79.9. The Morgan fingerprint density at radius 1 is 1.38 bits per heavy atom. The van der Waals surface area contributed by atoms with Crippen LogP contribution in [-0.4, -0.2) is 15.8 Å². The van der Waals surface area contributed by atoms with Gasteiger partial charge in [0.15, 0.2) is 0 Å². The van der Waals surface area contributed by atoms with E-state index in [1.54, 1.807) is 12.3 Å². The minimum Gasteiger partial charge on any atom is -0.327 e. The molecule has 1 aromatic heterocycles. The number of benzene rings is 1. The summed E-state index contributed by atoms with van der Waals surface area (Å²) in [5.41, 5.74) is 5.70. The van der Waals surface area contributed by atoms with Crippen molar-refractivity contribution in [1.82, 2.24) is 9.78 Å². The maximum Gasteiger partial charge on any atom is 0.416 e. The van der Waals surface area contributed by atoms with Crippen molar-refractivity contribution >= 4 is 15.9 Å². The quantitative estimate of drug-likeness (QED) is 0.896. The fraction of sp³-hybridized carbons (Fsp3) is 0.357. The lowest BCUT2D eigenvalue weighted by Gasteiger charge is -2.17. The molecule has 1 unspecified atom stereocenters. The molecule has 3 nitrogen and oxygen atoms in total. The molecule has 2 aromatic rings. The van der Waals surface area contributed by atoms with Gasteiger partial charge in [0, 0.05) is 12.2 Å². The molecule has 0 aliphatic carbocycles. The fourth-order valence-corrected chi connectivity index (χ4v) is 2.30. The Bertz CT molecular complexity index is 622. The molecular weight excluding hydrogens is 347 g/mol. The molecule has 21 heavy (non-hydrogen) atoms. The first-order valence-electron chi connectivity index (χ1n) is 6.47. The van der Waals surface area contributed by atoms with E-state index >= 15 is 0 Å². The number of halogens is 4. The summed E-state index contributed by atoms with van der Waals surface area (Å²) in [5, 5.41) is 3.99. The first-order chi connectivity index (χ1) is 9.81. The van der Waals surface area contributed by atoms with Crippen LogP contribution in [0.5, 0.6) is 0 Å². The highest BCUT2D eigenvalue weighted by Crippen LogP contribution is 2.34. The molecule has 0 amide bonds. The van der Waals surface area contributed by atoms with Gasteiger partial charge in [0.1, 0.15) is 0 Å². The predicted molar refractivity (Wildman–Crippen MR) is 78.2 cm³/mol. The number of hydrogen-bond acceptors (Lipinski definition) is 2. The summed E-state index contributed by atoms with van der Waals surface area (Å²) in [6.45, 7) is 1.85. The van der Waals surface area contributed by atoms with Crippen molar-refractivity contribution in [3.8, 4) is 5.69 Å². The molecule has 0 bridgehead atoms. The summed E-state index contributed by atoms with van der Waals surface area (Å²) in [6, 6.07) is 3.92. The number of alkyl halides is 3. The maximum atomic E-state index is 13.2. The van der Waals surface area contributed by atoms with Gasteiger partial charge in [0.25, 0.3) is 0 Å². The summed E-state index contributed by atoms with van der Waals surface area (Å²) in [6.07, 6.45) is -0.454. The molecule has 114 valence electrons. The van der Waals surface area contributed by atoms with E-state index in [1.165, 1.54) is 16.9 Å². The second-order valence-electron chi connectivity index (χ2n) is 4.81. The Labute approximate surface area is 129 Å². The molecule has 0 saturated heterocycles. The highest BCUT2D eigenvalue weighted by molar-refractivity contribution is 9.10. The second-order valence-corrected chi connectivity index (χ2v) is 5.73. The molecule has 2 rings (SSSR count). The second kappa shape index (κ2) is 6.19. The van der Waals surface area contributed by atoms with Crippen molar-refractivity contribution in [1.29, 1.82) is 0 Å². The Morgan fingerprint density at radius 3 is 2.62 bits per heavy atom. The van der Waals surface area contributed by atoms with Crippen molar-refractivity contribution < 1.29 is 13.2 Å². The smallest absolute Gasteiger partial charge is 0.327 e. The third-order valence-corrected chi connectivity index (χ3v) is 3.63. The van der Waals surface area contributed by atoms with Gasteiger partial charge in [-0.1, -0.05) is 13.0 Å². The predicted octanol–water partition coefficient (Wildman–Crippen LogP) is 3.93.